The predicted octanol–water partition coefficient (Wildman–Crippen LogP) is 2.75. The van der Waals surface area contributed by atoms with Gasteiger partial charge in [-0.15, -0.1) is 0 Å². The minimum atomic E-state index is -0.610. The molecule has 0 unspecified atom stereocenters. The number of nitrogens with one attached hydrogen (secondary N) is 1. The summed E-state index contributed by atoms with van der Waals surface area (Å²) in [5.41, 5.74) is 6.74. The number of thioether (sulfide) groups is 1. The monoisotopic (exact) mass is 388 g/mol. The van der Waals surface area contributed by atoms with Gasteiger partial charge in [-0.3, -0.25) is 14.4 Å². The molecule has 0 aliphatic carbocycles. The molecule has 144 valence electrons. The first kappa shape index (κ1) is 20.9. The number of carbonyl (C=O) groups is 3. The van der Waals surface area contributed by atoms with Crippen molar-refractivity contribution in [1.82, 2.24) is 0 Å². The van der Waals surface area contributed by atoms with Crippen LogP contribution in [-0.4, -0.2) is 41.8 Å². The summed E-state index contributed by atoms with van der Waals surface area (Å²) in [6, 6.07) is 13.0. The third kappa shape index (κ3) is 7.03. The average Bonchev–Trinajstić information content (AvgIpc) is 2.66. The molecule has 0 heterocycles. The van der Waals surface area contributed by atoms with Gasteiger partial charge in [-0.05, 0) is 30.0 Å². The molecule has 0 radical (unpaired) electrons. The molecule has 2 aromatic rings. The Bertz CT molecular complexity index is 804. The Morgan fingerprint density at radius 2 is 1.89 bits per heavy atom. The van der Waals surface area contributed by atoms with Gasteiger partial charge < -0.3 is 15.8 Å². The maximum absolute atomic E-state index is 12.3. The van der Waals surface area contributed by atoms with Crippen molar-refractivity contribution in [1.29, 1.82) is 0 Å². The molecular weight excluding hydrogens is 364 g/mol. The molecule has 0 bridgehead atoms. The van der Waals surface area contributed by atoms with Gasteiger partial charge >= 0.3 is 5.97 Å². The van der Waals surface area contributed by atoms with Crippen LogP contribution in [0, 0.1) is 0 Å². The van der Waals surface area contributed by atoms with E-state index in [4.69, 9.17) is 5.73 Å². The molecule has 0 aliphatic heterocycles. The Hall–Kier alpha value is -2.38. The van der Waals surface area contributed by atoms with Crippen LogP contribution in [0.25, 0.3) is 10.8 Å². The van der Waals surface area contributed by atoms with E-state index in [0.29, 0.717) is 12.2 Å². The zero-order chi connectivity index (χ0) is 19.6. The molecule has 0 spiro atoms. The predicted molar refractivity (Wildman–Crippen MR) is 109 cm³/mol. The minimum Gasteiger partial charge on any atom is -0.458 e. The van der Waals surface area contributed by atoms with E-state index >= 15 is 0 Å². The SMILES string of the molecule is CC(=O)OCC(=O)CSCCC[C@H](N)C(=O)Nc1cccc2ccccc12. The van der Waals surface area contributed by atoms with E-state index in [9.17, 15) is 14.4 Å². The number of ether oxygens (including phenoxy) is 1. The number of Topliss-reactive ketones (excluding diaryl/α,β-unsaturated/α-hetero) is 1. The van der Waals surface area contributed by atoms with E-state index in [0.717, 1.165) is 22.9 Å². The van der Waals surface area contributed by atoms with Gasteiger partial charge in [0.1, 0.15) is 0 Å². The maximum atomic E-state index is 12.3. The van der Waals surface area contributed by atoms with Crippen molar-refractivity contribution in [2.75, 3.05) is 23.4 Å². The van der Waals surface area contributed by atoms with Crippen molar-refractivity contribution in [2.45, 2.75) is 25.8 Å². The molecule has 0 fully saturated rings. The summed E-state index contributed by atoms with van der Waals surface area (Å²) in [4.78, 5) is 34.4. The first-order valence-corrected chi connectivity index (χ1v) is 9.90. The second-order valence-corrected chi connectivity index (χ2v) is 7.24. The summed E-state index contributed by atoms with van der Waals surface area (Å²) in [5, 5.41) is 4.93. The fourth-order valence-corrected chi connectivity index (χ4v) is 3.33. The van der Waals surface area contributed by atoms with E-state index in [1.165, 1.54) is 18.7 Å². The van der Waals surface area contributed by atoms with Crippen LogP contribution in [0.5, 0.6) is 0 Å². The normalized spacial score (nSPS) is 11.8. The Labute approximate surface area is 162 Å². The smallest absolute Gasteiger partial charge is 0.303 e. The zero-order valence-electron chi connectivity index (χ0n) is 15.3. The number of benzene rings is 2. The Balaban J connectivity index is 1.71. The number of nitrogens with two attached hydrogens (primary N) is 1. The standard InChI is InChI=1S/C20H24N2O4S/c1-14(23)26-12-16(24)13-27-11-5-9-18(21)20(25)22-19-10-4-7-15-6-2-3-8-17(15)19/h2-4,6-8,10,18H,5,9,11-13,21H2,1H3,(H,22,25)/t18-/m0/s1. The van der Waals surface area contributed by atoms with Crippen molar-refractivity contribution < 1.29 is 19.1 Å². The van der Waals surface area contributed by atoms with Gasteiger partial charge in [0, 0.05) is 18.0 Å². The number of carbonyl (C=O) groups excluding carboxylic acids is 3. The van der Waals surface area contributed by atoms with Crippen molar-refractivity contribution >= 4 is 45.9 Å². The highest BCUT2D eigenvalue weighted by Gasteiger charge is 2.14. The molecule has 0 aliphatic rings. The van der Waals surface area contributed by atoms with Gasteiger partial charge in [-0.2, -0.15) is 11.8 Å². The average molecular weight is 388 g/mol. The summed E-state index contributed by atoms with van der Waals surface area (Å²) < 4.78 is 4.64. The van der Waals surface area contributed by atoms with E-state index < -0.39 is 12.0 Å². The Morgan fingerprint density at radius 1 is 1.15 bits per heavy atom. The van der Waals surface area contributed by atoms with Crippen LogP contribution in [-0.2, 0) is 19.1 Å². The summed E-state index contributed by atoms with van der Waals surface area (Å²) in [6.45, 7) is 1.08. The molecule has 2 rings (SSSR count). The molecular formula is C20H24N2O4S. The highest BCUT2D eigenvalue weighted by molar-refractivity contribution is 7.99. The van der Waals surface area contributed by atoms with Gasteiger partial charge in [-0.1, -0.05) is 36.4 Å². The molecule has 3 N–H and O–H groups in total. The summed E-state index contributed by atoms with van der Waals surface area (Å²) in [6.07, 6.45) is 1.25. The van der Waals surface area contributed by atoms with E-state index in [1.807, 2.05) is 42.5 Å². The number of amides is 1. The van der Waals surface area contributed by atoms with Crippen LogP contribution in [0.4, 0.5) is 5.69 Å². The van der Waals surface area contributed by atoms with Crippen molar-refractivity contribution in [2.24, 2.45) is 5.73 Å². The summed E-state index contributed by atoms with van der Waals surface area (Å²) in [5.74, 6) is 0.179. The lowest BCUT2D eigenvalue weighted by molar-refractivity contribution is -0.145. The largest absolute Gasteiger partial charge is 0.458 e. The van der Waals surface area contributed by atoms with Crippen LogP contribution in [0.2, 0.25) is 0 Å². The Kier molecular flexibility index (Phi) is 8.29. The zero-order valence-corrected chi connectivity index (χ0v) is 16.1. The minimum absolute atomic E-state index is 0.131. The van der Waals surface area contributed by atoms with Gasteiger partial charge in [0.05, 0.1) is 11.8 Å². The first-order chi connectivity index (χ1) is 13.0. The van der Waals surface area contributed by atoms with Crippen LogP contribution >= 0.6 is 11.8 Å². The Morgan fingerprint density at radius 3 is 2.67 bits per heavy atom. The molecule has 0 saturated heterocycles. The lowest BCUT2D eigenvalue weighted by Gasteiger charge is -2.13. The maximum Gasteiger partial charge on any atom is 0.303 e. The third-order valence-electron chi connectivity index (χ3n) is 3.89. The second kappa shape index (κ2) is 10.7. The molecule has 2 aromatic carbocycles. The first-order valence-electron chi connectivity index (χ1n) is 8.74. The van der Waals surface area contributed by atoms with Crippen LogP contribution in [0.1, 0.15) is 19.8 Å². The fourth-order valence-electron chi connectivity index (χ4n) is 2.51. The molecule has 6 nitrogen and oxygen atoms in total. The lowest BCUT2D eigenvalue weighted by Crippen LogP contribution is -2.35. The molecule has 1 amide bonds. The van der Waals surface area contributed by atoms with Crippen molar-refractivity contribution in [3.63, 3.8) is 0 Å². The number of fused-ring (bicyclic) bond motifs is 1. The number of rotatable bonds is 10. The second-order valence-electron chi connectivity index (χ2n) is 6.14. The van der Waals surface area contributed by atoms with E-state index in [-0.39, 0.29) is 24.1 Å². The topological polar surface area (TPSA) is 98.5 Å². The number of hydrogen-bond donors (Lipinski definition) is 2. The highest BCUT2D eigenvalue weighted by Crippen LogP contribution is 2.23. The van der Waals surface area contributed by atoms with Crippen molar-refractivity contribution in [3.8, 4) is 0 Å². The van der Waals surface area contributed by atoms with E-state index in [2.05, 4.69) is 10.1 Å². The quantitative estimate of drug-likeness (QED) is 0.480. The summed E-state index contributed by atoms with van der Waals surface area (Å²) >= 11 is 1.44. The molecule has 0 aromatic heterocycles. The highest BCUT2D eigenvalue weighted by atomic mass is 32.2. The molecule has 0 saturated carbocycles. The molecule has 27 heavy (non-hydrogen) atoms. The molecule has 7 heteroatoms. The van der Waals surface area contributed by atoms with Crippen LogP contribution < -0.4 is 11.1 Å². The van der Waals surface area contributed by atoms with Gasteiger partial charge in [0.2, 0.25) is 5.91 Å². The van der Waals surface area contributed by atoms with E-state index in [1.54, 1.807) is 0 Å². The number of esters is 1. The lowest BCUT2D eigenvalue weighted by atomic mass is 10.1. The van der Waals surface area contributed by atoms with Crippen molar-refractivity contribution in [3.05, 3.63) is 42.5 Å². The fraction of sp³-hybridized carbons (Fsp3) is 0.350. The van der Waals surface area contributed by atoms with Gasteiger partial charge in [0.15, 0.2) is 12.4 Å². The summed E-state index contributed by atoms with van der Waals surface area (Å²) in [7, 11) is 0. The number of hydrogen-bond acceptors (Lipinski definition) is 6. The van der Waals surface area contributed by atoms with Crippen LogP contribution in [0.15, 0.2) is 42.5 Å². The number of anilines is 1. The van der Waals surface area contributed by atoms with Crippen LogP contribution in [0.3, 0.4) is 0 Å². The van der Waals surface area contributed by atoms with Gasteiger partial charge in [-0.25, -0.2) is 0 Å². The molecule has 1 atom stereocenters. The number of ketones is 1. The van der Waals surface area contributed by atoms with Gasteiger partial charge in [0.25, 0.3) is 0 Å². The third-order valence-corrected chi connectivity index (χ3v) is 4.99.